The molecule has 17 heavy (non-hydrogen) atoms. The molecular weight excluding hydrogens is 286 g/mol. The van der Waals surface area contributed by atoms with Crippen molar-refractivity contribution in [2.45, 2.75) is 12.5 Å². The molecule has 2 rings (SSSR count). The van der Waals surface area contributed by atoms with Crippen LogP contribution in [0.3, 0.4) is 0 Å². The third kappa shape index (κ3) is 2.91. The van der Waals surface area contributed by atoms with Crippen molar-refractivity contribution in [3.8, 4) is 0 Å². The Morgan fingerprint density at radius 2 is 2.18 bits per heavy atom. The summed E-state index contributed by atoms with van der Waals surface area (Å²) in [5.74, 6) is 0.811. The molecule has 0 aliphatic carbocycles. The molecule has 1 aromatic carbocycles. The molecule has 2 aromatic rings. The van der Waals surface area contributed by atoms with Crippen molar-refractivity contribution in [3.05, 3.63) is 46.0 Å². The van der Waals surface area contributed by atoms with Crippen LogP contribution in [0.4, 0.5) is 0 Å². The monoisotopic (exact) mass is 297 g/mol. The van der Waals surface area contributed by atoms with Crippen molar-refractivity contribution in [1.82, 2.24) is 10.1 Å². The van der Waals surface area contributed by atoms with Gasteiger partial charge in [-0.2, -0.15) is 4.98 Å². The SMILES string of the molecule is N[C@@H](CO)c1nc(Cc2ccccc2Br)no1. The average Bonchev–Trinajstić information content (AvgIpc) is 2.80. The number of hydrogen-bond acceptors (Lipinski definition) is 5. The highest BCUT2D eigenvalue weighted by atomic mass is 79.9. The van der Waals surface area contributed by atoms with E-state index in [9.17, 15) is 0 Å². The van der Waals surface area contributed by atoms with E-state index in [1.54, 1.807) is 0 Å². The van der Waals surface area contributed by atoms with Gasteiger partial charge >= 0.3 is 0 Å². The van der Waals surface area contributed by atoms with Gasteiger partial charge in [0.2, 0.25) is 5.89 Å². The maximum Gasteiger partial charge on any atom is 0.245 e. The van der Waals surface area contributed by atoms with E-state index >= 15 is 0 Å². The number of aliphatic hydroxyl groups is 1. The van der Waals surface area contributed by atoms with Gasteiger partial charge in [0, 0.05) is 10.9 Å². The first kappa shape index (κ1) is 12.2. The molecule has 0 saturated heterocycles. The Hall–Kier alpha value is -1.24. The molecule has 0 amide bonds. The molecular formula is C11H12BrN3O2. The van der Waals surface area contributed by atoms with E-state index in [4.69, 9.17) is 15.4 Å². The Labute approximate surface area is 107 Å². The smallest absolute Gasteiger partial charge is 0.245 e. The number of rotatable bonds is 4. The van der Waals surface area contributed by atoms with E-state index in [0.717, 1.165) is 10.0 Å². The predicted octanol–water partition coefficient (Wildman–Crippen LogP) is 1.41. The zero-order valence-electron chi connectivity index (χ0n) is 9.01. The fourth-order valence-electron chi connectivity index (χ4n) is 1.38. The second-order valence-electron chi connectivity index (χ2n) is 3.61. The summed E-state index contributed by atoms with van der Waals surface area (Å²) in [7, 11) is 0. The minimum Gasteiger partial charge on any atom is -0.394 e. The highest BCUT2D eigenvalue weighted by Gasteiger charge is 2.14. The van der Waals surface area contributed by atoms with Crippen LogP contribution in [0, 0.1) is 0 Å². The van der Waals surface area contributed by atoms with Crippen molar-refractivity contribution < 1.29 is 9.63 Å². The van der Waals surface area contributed by atoms with Crippen LogP contribution in [0.2, 0.25) is 0 Å². The summed E-state index contributed by atoms with van der Waals surface area (Å²) in [6.07, 6.45) is 0.559. The van der Waals surface area contributed by atoms with Crippen LogP contribution in [-0.4, -0.2) is 21.9 Å². The summed E-state index contributed by atoms with van der Waals surface area (Å²) in [5, 5.41) is 12.7. The van der Waals surface area contributed by atoms with Crippen LogP contribution in [-0.2, 0) is 6.42 Å². The van der Waals surface area contributed by atoms with Gasteiger partial charge in [0.25, 0.3) is 0 Å². The summed E-state index contributed by atoms with van der Waals surface area (Å²) in [4.78, 5) is 4.13. The third-order valence-corrected chi connectivity index (χ3v) is 3.08. The maximum atomic E-state index is 8.87. The molecule has 0 aliphatic rings. The number of nitrogens with zero attached hydrogens (tertiary/aromatic N) is 2. The predicted molar refractivity (Wildman–Crippen MR) is 65.3 cm³/mol. The number of aliphatic hydroxyl groups excluding tert-OH is 1. The van der Waals surface area contributed by atoms with Crippen LogP contribution >= 0.6 is 15.9 Å². The van der Waals surface area contributed by atoms with Gasteiger partial charge in [-0.05, 0) is 11.6 Å². The number of benzene rings is 1. The molecule has 3 N–H and O–H groups in total. The standard InChI is InChI=1S/C11H12BrN3O2/c12-8-4-2-1-3-7(8)5-10-14-11(17-15-10)9(13)6-16/h1-4,9,16H,5-6,13H2/t9-/m0/s1. The summed E-state index contributed by atoms with van der Waals surface area (Å²) in [6, 6.07) is 7.20. The van der Waals surface area contributed by atoms with Gasteiger partial charge in [0.05, 0.1) is 6.61 Å². The van der Waals surface area contributed by atoms with E-state index in [1.165, 1.54) is 0 Å². The van der Waals surface area contributed by atoms with Crippen molar-refractivity contribution in [2.24, 2.45) is 5.73 Å². The first-order chi connectivity index (χ1) is 8.20. The summed E-state index contributed by atoms with van der Waals surface area (Å²) in [6.45, 7) is -0.212. The number of hydrogen-bond donors (Lipinski definition) is 2. The van der Waals surface area contributed by atoms with Gasteiger partial charge in [0.15, 0.2) is 5.82 Å². The summed E-state index contributed by atoms with van der Waals surface area (Å²) >= 11 is 3.45. The molecule has 0 aliphatic heterocycles. The van der Waals surface area contributed by atoms with E-state index in [2.05, 4.69) is 26.1 Å². The van der Waals surface area contributed by atoms with Gasteiger partial charge in [-0.15, -0.1) is 0 Å². The lowest BCUT2D eigenvalue weighted by Crippen LogP contribution is -2.14. The molecule has 1 aromatic heterocycles. The fraction of sp³-hybridized carbons (Fsp3) is 0.273. The lowest BCUT2D eigenvalue weighted by Gasteiger charge is -2.00. The zero-order valence-corrected chi connectivity index (χ0v) is 10.6. The Morgan fingerprint density at radius 3 is 2.88 bits per heavy atom. The summed E-state index contributed by atoms with van der Waals surface area (Å²) in [5.41, 5.74) is 6.64. The molecule has 90 valence electrons. The molecule has 1 atom stereocenters. The highest BCUT2D eigenvalue weighted by molar-refractivity contribution is 9.10. The Kier molecular flexibility index (Phi) is 3.88. The molecule has 0 saturated carbocycles. The minimum atomic E-state index is -0.615. The molecule has 0 bridgehead atoms. The minimum absolute atomic E-state index is 0.212. The summed E-state index contributed by atoms with van der Waals surface area (Å²) < 4.78 is 5.97. The van der Waals surface area contributed by atoms with Gasteiger partial charge in [0.1, 0.15) is 6.04 Å². The van der Waals surface area contributed by atoms with Crippen LogP contribution in [0.25, 0.3) is 0 Å². The van der Waals surface area contributed by atoms with Gasteiger partial charge < -0.3 is 15.4 Å². The maximum absolute atomic E-state index is 8.87. The van der Waals surface area contributed by atoms with Crippen molar-refractivity contribution in [3.63, 3.8) is 0 Å². The Morgan fingerprint density at radius 1 is 1.41 bits per heavy atom. The molecule has 5 nitrogen and oxygen atoms in total. The van der Waals surface area contributed by atoms with E-state index < -0.39 is 6.04 Å². The first-order valence-electron chi connectivity index (χ1n) is 5.13. The van der Waals surface area contributed by atoms with Crippen LogP contribution in [0.5, 0.6) is 0 Å². The van der Waals surface area contributed by atoms with Gasteiger partial charge in [-0.25, -0.2) is 0 Å². The second kappa shape index (κ2) is 5.39. The topological polar surface area (TPSA) is 85.2 Å². The van der Waals surface area contributed by atoms with Gasteiger partial charge in [-0.3, -0.25) is 0 Å². The van der Waals surface area contributed by atoms with E-state index in [1.807, 2.05) is 24.3 Å². The van der Waals surface area contributed by atoms with Crippen LogP contribution in [0.15, 0.2) is 33.3 Å². The number of nitrogens with two attached hydrogens (primary N) is 1. The second-order valence-corrected chi connectivity index (χ2v) is 4.46. The Balaban J connectivity index is 2.14. The number of aromatic nitrogens is 2. The lowest BCUT2D eigenvalue weighted by atomic mass is 10.1. The largest absolute Gasteiger partial charge is 0.394 e. The molecule has 6 heteroatoms. The highest BCUT2D eigenvalue weighted by Crippen LogP contribution is 2.18. The Bertz CT molecular complexity index is 501. The molecule has 0 unspecified atom stereocenters. The van der Waals surface area contributed by atoms with Crippen LogP contribution < -0.4 is 5.73 Å². The normalized spacial score (nSPS) is 12.6. The molecule has 0 fully saturated rings. The third-order valence-electron chi connectivity index (χ3n) is 2.30. The van der Waals surface area contributed by atoms with Gasteiger partial charge in [-0.1, -0.05) is 39.3 Å². The first-order valence-corrected chi connectivity index (χ1v) is 5.92. The van der Waals surface area contributed by atoms with Crippen molar-refractivity contribution in [2.75, 3.05) is 6.61 Å². The quantitative estimate of drug-likeness (QED) is 0.891. The van der Waals surface area contributed by atoms with Crippen LogP contribution in [0.1, 0.15) is 23.3 Å². The molecule has 0 spiro atoms. The average molecular weight is 298 g/mol. The lowest BCUT2D eigenvalue weighted by molar-refractivity contribution is 0.236. The van der Waals surface area contributed by atoms with Crippen molar-refractivity contribution in [1.29, 1.82) is 0 Å². The molecule has 0 radical (unpaired) electrons. The number of halogens is 1. The van der Waals surface area contributed by atoms with E-state index in [-0.39, 0.29) is 12.5 Å². The molecule has 1 heterocycles. The van der Waals surface area contributed by atoms with E-state index in [0.29, 0.717) is 12.2 Å². The van der Waals surface area contributed by atoms with Crippen molar-refractivity contribution >= 4 is 15.9 Å². The zero-order chi connectivity index (χ0) is 12.3. The fourth-order valence-corrected chi connectivity index (χ4v) is 1.81.